The molecular formula is C17H32N2O5S. The summed E-state index contributed by atoms with van der Waals surface area (Å²) in [5.74, 6) is -0.321. The predicted molar refractivity (Wildman–Crippen MR) is 99.6 cm³/mol. The third-order valence-electron chi connectivity index (χ3n) is 3.58. The maximum absolute atomic E-state index is 12.6. The number of carbonyl (C=O) groups excluding carboxylic acids is 3. The lowest BCUT2D eigenvalue weighted by molar-refractivity contribution is -0.146. The van der Waals surface area contributed by atoms with Crippen molar-refractivity contribution in [3.8, 4) is 0 Å². The van der Waals surface area contributed by atoms with E-state index in [1.165, 1.54) is 7.11 Å². The lowest BCUT2D eigenvalue weighted by Gasteiger charge is -2.26. The van der Waals surface area contributed by atoms with Crippen LogP contribution >= 0.6 is 11.8 Å². The van der Waals surface area contributed by atoms with Gasteiger partial charge in [-0.2, -0.15) is 11.8 Å². The molecule has 2 amide bonds. The van der Waals surface area contributed by atoms with Crippen molar-refractivity contribution in [2.24, 2.45) is 5.92 Å². The molecule has 3 unspecified atom stereocenters. The number of thioether (sulfide) groups is 1. The average Bonchev–Trinajstić information content (AvgIpc) is 2.52. The van der Waals surface area contributed by atoms with Crippen molar-refractivity contribution in [1.82, 2.24) is 10.6 Å². The first-order chi connectivity index (χ1) is 11.6. The number of carbonyl (C=O) groups is 3. The maximum atomic E-state index is 12.6. The highest BCUT2D eigenvalue weighted by Gasteiger charge is 2.31. The number of methoxy groups -OCH3 is 1. The Morgan fingerprint density at radius 2 is 1.76 bits per heavy atom. The number of ether oxygens (including phenoxy) is 2. The molecule has 0 radical (unpaired) electrons. The monoisotopic (exact) mass is 376 g/mol. The average molecular weight is 377 g/mol. The zero-order valence-corrected chi connectivity index (χ0v) is 17.1. The Balaban J connectivity index is 5.07. The zero-order chi connectivity index (χ0) is 19.6. The number of alkyl carbamates (subject to hydrolysis) is 1. The van der Waals surface area contributed by atoms with Gasteiger partial charge in [-0.3, -0.25) is 4.79 Å². The molecule has 0 aliphatic heterocycles. The minimum atomic E-state index is -0.779. The van der Waals surface area contributed by atoms with E-state index < -0.39 is 35.7 Å². The molecule has 0 aliphatic rings. The molecular weight excluding hydrogens is 344 g/mol. The van der Waals surface area contributed by atoms with Gasteiger partial charge in [0, 0.05) is 0 Å². The van der Waals surface area contributed by atoms with Crippen molar-refractivity contribution < 1.29 is 23.9 Å². The van der Waals surface area contributed by atoms with Crippen LogP contribution in [0.2, 0.25) is 0 Å². The fourth-order valence-electron chi connectivity index (χ4n) is 2.00. The van der Waals surface area contributed by atoms with Crippen molar-refractivity contribution >= 4 is 29.7 Å². The smallest absolute Gasteiger partial charge is 0.408 e. The topological polar surface area (TPSA) is 93.7 Å². The lowest BCUT2D eigenvalue weighted by atomic mass is 9.98. The normalized spacial score (nSPS) is 14.8. The fraction of sp³-hybridized carbons (Fsp3) is 0.824. The largest absolute Gasteiger partial charge is 0.467 e. The van der Waals surface area contributed by atoms with Crippen LogP contribution in [0, 0.1) is 5.92 Å². The molecule has 3 atom stereocenters. The van der Waals surface area contributed by atoms with Crippen molar-refractivity contribution in [2.75, 3.05) is 19.1 Å². The molecule has 25 heavy (non-hydrogen) atoms. The molecule has 0 rings (SSSR count). The molecule has 0 saturated carbocycles. The summed E-state index contributed by atoms with van der Waals surface area (Å²) in [5.41, 5.74) is -0.657. The number of hydrogen-bond donors (Lipinski definition) is 2. The Hall–Kier alpha value is -1.44. The Morgan fingerprint density at radius 1 is 1.16 bits per heavy atom. The Bertz CT molecular complexity index is 451. The summed E-state index contributed by atoms with van der Waals surface area (Å²) in [5, 5.41) is 5.29. The van der Waals surface area contributed by atoms with E-state index in [2.05, 4.69) is 10.6 Å². The number of hydrogen-bond acceptors (Lipinski definition) is 6. The summed E-state index contributed by atoms with van der Waals surface area (Å²) in [4.78, 5) is 36.5. The molecule has 2 N–H and O–H groups in total. The Morgan fingerprint density at radius 3 is 2.20 bits per heavy atom. The van der Waals surface area contributed by atoms with Crippen LogP contribution in [-0.4, -0.2) is 54.8 Å². The minimum Gasteiger partial charge on any atom is -0.467 e. The van der Waals surface area contributed by atoms with E-state index in [9.17, 15) is 14.4 Å². The van der Waals surface area contributed by atoms with Crippen LogP contribution in [0.1, 0.15) is 47.5 Å². The van der Waals surface area contributed by atoms with Crippen LogP contribution in [0.15, 0.2) is 0 Å². The van der Waals surface area contributed by atoms with Gasteiger partial charge in [0.2, 0.25) is 5.91 Å². The highest BCUT2D eigenvalue weighted by atomic mass is 32.2. The first-order valence-corrected chi connectivity index (χ1v) is 9.81. The van der Waals surface area contributed by atoms with Gasteiger partial charge in [-0.25, -0.2) is 9.59 Å². The molecule has 0 spiro atoms. The molecule has 7 nitrogen and oxygen atoms in total. The van der Waals surface area contributed by atoms with Gasteiger partial charge in [-0.1, -0.05) is 20.3 Å². The number of amides is 2. The van der Waals surface area contributed by atoms with Crippen molar-refractivity contribution in [3.05, 3.63) is 0 Å². The summed E-state index contributed by atoms with van der Waals surface area (Å²) >= 11 is 1.56. The van der Waals surface area contributed by atoms with E-state index in [1.807, 2.05) is 20.1 Å². The van der Waals surface area contributed by atoms with Gasteiger partial charge in [-0.05, 0) is 45.1 Å². The van der Waals surface area contributed by atoms with E-state index in [4.69, 9.17) is 9.47 Å². The Kier molecular flexibility index (Phi) is 10.6. The van der Waals surface area contributed by atoms with Crippen LogP contribution in [-0.2, 0) is 19.1 Å². The second kappa shape index (κ2) is 11.2. The molecule has 8 heteroatoms. The third kappa shape index (κ3) is 9.57. The van der Waals surface area contributed by atoms with Gasteiger partial charge in [0.05, 0.1) is 7.11 Å². The first kappa shape index (κ1) is 23.6. The van der Waals surface area contributed by atoms with E-state index in [0.717, 1.165) is 0 Å². The molecule has 0 aromatic carbocycles. The van der Waals surface area contributed by atoms with E-state index in [-0.39, 0.29) is 5.92 Å². The molecule has 0 saturated heterocycles. The summed E-state index contributed by atoms with van der Waals surface area (Å²) in [6, 6.07) is -1.53. The van der Waals surface area contributed by atoms with Crippen LogP contribution < -0.4 is 10.6 Å². The van der Waals surface area contributed by atoms with Crippen LogP contribution in [0.5, 0.6) is 0 Å². The van der Waals surface area contributed by atoms with E-state index in [1.54, 1.807) is 32.5 Å². The summed E-state index contributed by atoms with van der Waals surface area (Å²) in [6.45, 7) is 9.04. The molecule has 0 fully saturated rings. The standard InChI is InChI=1S/C17H32N2O5S/c1-8-11(2)13(15(21)23-6)19-14(20)12(9-10-25-7)18-16(22)24-17(3,4)5/h11-13H,8-10H2,1-7H3,(H,18,22)(H,19,20). The summed E-state index contributed by atoms with van der Waals surface area (Å²) in [7, 11) is 1.29. The predicted octanol–water partition coefficient (Wildman–Crippen LogP) is 2.34. The fourth-order valence-corrected chi connectivity index (χ4v) is 2.48. The Labute approximate surface area is 155 Å². The second-order valence-electron chi connectivity index (χ2n) is 6.88. The molecule has 146 valence electrons. The van der Waals surface area contributed by atoms with E-state index >= 15 is 0 Å². The van der Waals surface area contributed by atoms with Crippen LogP contribution in [0.3, 0.4) is 0 Å². The van der Waals surface area contributed by atoms with Crippen LogP contribution in [0.25, 0.3) is 0 Å². The number of nitrogens with one attached hydrogen (secondary N) is 2. The van der Waals surface area contributed by atoms with E-state index in [0.29, 0.717) is 18.6 Å². The van der Waals surface area contributed by atoms with Gasteiger partial charge in [-0.15, -0.1) is 0 Å². The summed E-state index contributed by atoms with van der Waals surface area (Å²) < 4.78 is 9.99. The maximum Gasteiger partial charge on any atom is 0.408 e. The van der Waals surface area contributed by atoms with Crippen molar-refractivity contribution in [3.63, 3.8) is 0 Å². The van der Waals surface area contributed by atoms with Crippen molar-refractivity contribution in [1.29, 1.82) is 0 Å². The third-order valence-corrected chi connectivity index (χ3v) is 4.23. The van der Waals surface area contributed by atoms with Crippen LogP contribution in [0.4, 0.5) is 4.79 Å². The molecule has 0 aromatic rings. The molecule has 0 aliphatic carbocycles. The molecule has 0 bridgehead atoms. The van der Waals surface area contributed by atoms with Gasteiger partial charge in [0.1, 0.15) is 17.7 Å². The molecule has 0 heterocycles. The minimum absolute atomic E-state index is 0.0841. The second-order valence-corrected chi connectivity index (χ2v) is 7.86. The number of rotatable bonds is 9. The quantitative estimate of drug-likeness (QED) is 0.600. The van der Waals surface area contributed by atoms with Gasteiger partial charge in [0.25, 0.3) is 0 Å². The SMILES string of the molecule is CCC(C)C(NC(=O)C(CCSC)NC(=O)OC(C)(C)C)C(=O)OC. The highest BCUT2D eigenvalue weighted by Crippen LogP contribution is 2.11. The van der Waals surface area contributed by atoms with Gasteiger partial charge < -0.3 is 20.1 Å². The van der Waals surface area contributed by atoms with Gasteiger partial charge in [0.15, 0.2) is 0 Å². The zero-order valence-electron chi connectivity index (χ0n) is 16.3. The molecule has 0 aromatic heterocycles. The lowest BCUT2D eigenvalue weighted by Crippen LogP contribution is -2.54. The van der Waals surface area contributed by atoms with Crippen molar-refractivity contribution in [2.45, 2.75) is 65.1 Å². The van der Waals surface area contributed by atoms with Gasteiger partial charge >= 0.3 is 12.1 Å². The highest BCUT2D eigenvalue weighted by molar-refractivity contribution is 7.98. The summed E-state index contributed by atoms with van der Waals surface area (Å²) in [6.07, 6.45) is 2.39. The number of esters is 1. The first-order valence-electron chi connectivity index (χ1n) is 8.42.